The number of amides is 2. The molecule has 0 unspecified atom stereocenters. The fraction of sp³-hybridized carbons (Fsp3) is 0.500. The van der Waals surface area contributed by atoms with Gasteiger partial charge in [0.05, 0.1) is 5.02 Å². The molecular weight excluding hydrogens is 409 g/mol. The summed E-state index contributed by atoms with van der Waals surface area (Å²) in [5.41, 5.74) is 4.83. The van der Waals surface area contributed by atoms with Crippen LogP contribution in [0.1, 0.15) is 44.9 Å². The predicted octanol–water partition coefficient (Wildman–Crippen LogP) is 3.75. The molecule has 1 aliphatic rings. The van der Waals surface area contributed by atoms with Gasteiger partial charge in [0.15, 0.2) is 11.7 Å². The van der Waals surface area contributed by atoms with Crippen LogP contribution < -0.4 is 20.9 Å². The van der Waals surface area contributed by atoms with Crippen molar-refractivity contribution in [1.29, 1.82) is 0 Å². The van der Waals surface area contributed by atoms with E-state index in [4.69, 9.17) is 40.2 Å². The number of thiocarbonyl (C=S) groups is 1. The summed E-state index contributed by atoms with van der Waals surface area (Å²) >= 11 is 16.8. The van der Waals surface area contributed by atoms with E-state index in [1.54, 1.807) is 12.1 Å². The van der Waals surface area contributed by atoms with E-state index in [1.807, 2.05) is 0 Å². The quantitative estimate of drug-likeness (QED) is 0.471. The number of hydrogen-bond acceptors (Lipinski definition) is 4. The van der Waals surface area contributed by atoms with Crippen LogP contribution in [0.5, 0.6) is 5.75 Å². The topological polar surface area (TPSA) is 79.5 Å². The van der Waals surface area contributed by atoms with E-state index in [0.29, 0.717) is 28.1 Å². The summed E-state index contributed by atoms with van der Waals surface area (Å²) < 4.78 is 5.30. The van der Waals surface area contributed by atoms with Crippen LogP contribution in [-0.4, -0.2) is 23.5 Å². The first kappa shape index (κ1) is 21.7. The van der Waals surface area contributed by atoms with Crippen LogP contribution in [0.25, 0.3) is 0 Å². The Bertz CT molecular complexity index is 682. The maximum absolute atomic E-state index is 11.9. The molecule has 2 amide bonds. The average molecular weight is 432 g/mol. The second-order valence-electron chi connectivity index (χ2n) is 6.46. The van der Waals surface area contributed by atoms with Crippen molar-refractivity contribution >= 4 is 52.3 Å². The maximum Gasteiger partial charge on any atom is 0.276 e. The van der Waals surface area contributed by atoms with Gasteiger partial charge in [0.2, 0.25) is 5.91 Å². The number of ether oxygens (including phenoxy) is 1. The first-order chi connectivity index (χ1) is 12.9. The molecular formula is C18H23Cl2N3O3S. The van der Waals surface area contributed by atoms with Gasteiger partial charge in [-0.15, -0.1) is 0 Å². The highest BCUT2D eigenvalue weighted by Crippen LogP contribution is 2.28. The number of carbonyl (C=O) groups excluding carboxylic acids is 2. The average Bonchev–Trinajstić information content (AvgIpc) is 2.65. The molecule has 0 aromatic heterocycles. The minimum Gasteiger partial charge on any atom is -0.482 e. The van der Waals surface area contributed by atoms with Crippen LogP contribution >= 0.6 is 35.4 Å². The van der Waals surface area contributed by atoms with Gasteiger partial charge in [-0.25, -0.2) is 0 Å². The third kappa shape index (κ3) is 8.32. The van der Waals surface area contributed by atoms with Gasteiger partial charge in [-0.05, 0) is 42.8 Å². The van der Waals surface area contributed by atoms with E-state index in [0.717, 1.165) is 6.42 Å². The summed E-state index contributed by atoms with van der Waals surface area (Å²) in [5, 5.41) is 3.38. The fourth-order valence-electron chi connectivity index (χ4n) is 2.93. The SMILES string of the molecule is O=C(COc1ccc(Cl)cc1Cl)NNC(=S)NC(=O)CCC1CCCCC1. The zero-order valence-corrected chi connectivity index (χ0v) is 17.2. The summed E-state index contributed by atoms with van der Waals surface area (Å²) in [4.78, 5) is 23.7. The highest BCUT2D eigenvalue weighted by Gasteiger charge is 2.15. The lowest BCUT2D eigenvalue weighted by molar-refractivity contribution is -0.124. The van der Waals surface area contributed by atoms with E-state index < -0.39 is 5.91 Å². The van der Waals surface area contributed by atoms with Crippen molar-refractivity contribution in [2.24, 2.45) is 5.92 Å². The third-order valence-corrected chi connectivity index (χ3v) is 5.06. The normalized spacial score (nSPS) is 14.3. The van der Waals surface area contributed by atoms with Crippen molar-refractivity contribution in [2.45, 2.75) is 44.9 Å². The third-order valence-electron chi connectivity index (χ3n) is 4.33. The van der Waals surface area contributed by atoms with Crippen LogP contribution in [0.3, 0.4) is 0 Å². The smallest absolute Gasteiger partial charge is 0.276 e. The largest absolute Gasteiger partial charge is 0.482 e. The molecule has 27 heavy (non-hydrogen) atoms. The first-order valence-corrected chi connectivity index (χ1v) is 10.1. The molecule has 0 saturated heterocycles. The van der Waals surface area contributed by atoms with Crippen molar-refractivity contribution in [3.05, 3.63) is 28.2 Å². The van der Waals surface area contributed by atoms with Gasteiger partial charge in [-0.3, -0.25) is 20.4 Å². The summed E-state index contributed by atoms with van der Waals surface area (Å²) in [6.45, 7) is -0.271. The Kier molecular flexibility index (Phi) is 9.10. The molecule has 6 nitrogen and oxygen atoms in total. The first-order valence-electron chi connectivity index (χ1n) is 8.90. The molecule has 1 saturated carbocycles. The molecule has 148 valence electrons. The van der Waals surface area contributed by atoms with E-state index in [9.17, 15) is 9.59 Å². The van der Waals surface area contributed by atoms with E-state index in [2.05, 4.69) is 16.2 Å². The van der Waals surface area contributed by atoms with Crippen molar-refractivity contribution in [1.82, 2.24) is 16.2 Å². The summed E-state index contributed by atoms with van der Waals surface area (Å²) in [5.74, 6) is 0.341. The zero-order chi connectivity index (χ0) is 19.6. The van der Waals surface area contributed by atoms with E-state index in [1.165, 1.54) is 38.2 Å². The summed E-state index contributed by atoms with van der Waals surface area (Å²) in [7, 11) is 0. The Morgan fingerprint density at radius 2 is 1.85 bits per heavy atom. The van der Waals surface area contributed by atoms with E-state index >= 15 is 0 Å². The lowest BCUT2D eigenvalue weighted by atomic mass is 9.86. The molecule has 0 heterocycles. The second-order valence-corrected chi connectivity index (χ2v) is 7.71. The van der Waals surface area contributed by atoms with Crippen LogP contribution in [0.15, 0.2) is 18.2 Å². The number of hydrogen-bond donors (Lipinski definition) is 3. The Morgan fingerprint density at radius 1 is 1.11 bits per heavy atom. The molecule has 0 bridgehead atoms. The number of benzene rings is 1. The molecule has 2 rings (SSSR count). The highest BCUT2D eigenvalue weighted by molar-refractivity contribution is 7.80. The molecule has 1 fully saturated rings. The molecule has 0 radical (unpaired) electrons. The highest BCUT2D eigenvalue weighted by atomic mass is 35.5. The van der Waals surface area contributed by atoms with E-state index in [-0.39, 0.29) is 17.6 Å². The number of carbonyl (C=O) groups is 2. The monoisotopic (exact) mass is 431 g/mol. The Hall–Kier alpha value is -1.57. The molecule has 0 spiro atoms. The molecule has 0 atom stereocenters. The molecule has 0 aliphatic heterocycles. The molecule has 9 heteroatoms. The summed E-state index contributed by atoms with van der Waals surface area (Å²) in [6, 6.07) is 4.70. The minimum absolute atomic E-state index is 0.0431. The zero-order valence-electron chi connectivity index (χ0n) is 14.9. The van der Waals surface area contributed by atoms with Crippen molar-refractivity contribution in [3.8, 4) is 5.75 Å². The molecule has 3 N–H and O–H groups in total. The standard InChI is InChI=1S/C18H23Cl2N3O3S/c19-13-7-8-15(14(20)10-13)26-11-17(25)22-23-18(27)21-16(24)9-6-12-4-2-1-3-5-12/h7-8,10,12H,1-6,9,11H2,(H,22,25)(H2,21,23,24,27). The van der Waals surface area contributed by atoms with Crippen molar-refractivity contribution in [2.75, 3.05) is 6.61 Å². The Morgan fingerprint density at radius 3 is 2.56 bits per heavy atom. The van der Waals surface area contributed by atoms with Gasteiger partial charge >= 0.3 is 0 Å². The Labute approximate surface area is 174 Å². The van der Waals surface area contributed by atoms with Crippen LogP contribution in [0.4, 0.5) is 0 Å². The van der Waals surface area contributed by atoms with Crippen LogP contribution in [0.2, 0.25) is 10.0 Å². The molecule has 1 aromatic carbocycles. The fourth-order valence-corrected chi connectivity index (χ4v) is 3.56. The van der Waals surface area contributed by atoms with Crippen LogP contribution in [0, 0.1) is 5.92 Å². The van der Waals surface area contributed by atoms with Gasteiger partial charge in [-0.2, -0.15) is 0 Å². The molecule has 1 aromatic rings. The van der Waals surface area contributed by atoms with Crippen LogP contribution in [-0.2, 0) is 9.59 Å². The number of nitrogens with one attached hydrogen (secondary N) is 3. The maximum atomic E-state index is 11.9. The lowest BCUT2D eigenvalue weighted by Gasteiger charge is -2.21. The van der Waals surface area contributed by atoms with Crippen molar-refractivity contribution < 1.29 is 14.3 Å². The second kappa shape index (κ2) is 11.3. The predicted molar refractivity (Wildman–Crippen MR) is 110 cm³/mol. The van der Waals surface area contributed by atoms with Gasteiger partial charge in [0.1, 0.15) is 5.75 Å². The minimum atomic E-state index is -0.472. The number of hydrazine groups is 1. The van der Waals surface area contributed by atoms with Crippen molar-refractivity contribution in [3.63, 3.8) is 0 Å². The van der Waals surface area contributed by atoms with Gasteiger partial charge < -0.3 is 10.1 Å². The Balaban J connectivity index is 1.61. The lowest BCUT2D eigenvalue weighted by Crippen LogP contribution is -2.49. The number of halogens is 2. The molecule has 1 aliphatic carbocycles. The van der Waals surface area contributed by atoms with Gasteiger partial charge in [0, 0.05) is 11.4 Å². The van der Waals surface area contributed by atoms with Gasteiger partial charge in [-0.1, -0.05) is 55.3 Å². The summed E-state index contributed by atoms with van der Waals surface area (Å²) in [6.07, 6.45) is 7.50. The van der Waals surface area contributed by atoms with Gasteiger partial charge in [0.25, 0.3) is 5.91 Å². The number of rotatable bonds is 6.